The minimum atomic E-state index is -0.870. The van der Waals surface area contributed by atoms with Crippen LogP contribution in [0.5, 0.6) is 0 Å². The van der Waals surface area contributed by atoms with Gasteiger partial charge < -0.3 is 19.6 Å². The number of amides is 2. The lowest BCUT2D eigenvalue weighted by Gasteiger charge is -2.40. The number of carbonyl (C=O) groups excluding carboxylic acids is 3. The average Bonchev–Trinajstić information content (AvgIpc) is 3.51. The summed E-state index contributed by atoms with van der Waals surface area (Å²) in [5, 5.41) is 10.9. The van der Waals surface area contributed by atoms with Gasteiger partial charge in [0.05, 0.1) is 35.8 Å². The Morgan fingerprint density at radius 3 is 2.60 bits per heavy atom. The molecule has 40 heavy (non-hydrogen) atoms. The lowest BCUT2D eigenvalue weighted by atomic mass is 9.71. The third-order valence-electron chi connectivity index (χ3n) is 8.09. The van der Waals surface area contributed by atoms with E-state index in [1.54, 1.807) is 58.0 Å². The van der Waals surface area contributed by atoms with Gasteiger partial charge in [0.2, 0.25) is 5.91 Å². The molecular weight excluding hydrogens is 616 g/mol. The number of halogens is 2. The maximum absolute atomic E-state index is 14.7. The van der Waals surface area contributed by atoms with Crippen LogP contribution in [0.15, 0.2) is 49.6 Å². The van der Waals surface area contributed by atoms with E-state index >= 15 is 0 Å². The summed E-state index contributed by atoms with van der Waals surface area (Å²) in [6.07, 6.45) is 5.89. The first-order valence-electron chi connectivity index (χ1n) is 13.8. The normalized spacial score (nSPS) is 29.4. The Kier molecular flexibility index (Phi) is 10.1. The van der Waals surface area contributed by atoms with Crippen molar-refractivity contribution in [2.45, 2.75) is 66.4 Å². The van der Waals surface area contributed by atoms with E-state index in [9.17, 15) is 19.5 Å². The van der Waals surface area contributed by atoms with Crippen molar-refractivity contribution in [3.63, 3.8) is 0 Å². The fraction of sp³-hybridized carbons (Fsp3) is 0.567. The van der Waals surface area contributed by atoms with Gasteiger partial charge in [-0.2, -0.15) is 0 Å². The number of hydrogen-bond donors (Lipinski definition) is 1. The number of aliphatic hydroxyl groups is 1. The van der Waals surface area contributed by atoms with Crippen molar-refractivity contribution in [1.82, 2.24) is 4.90 Å². The minimum absolute atomic E-state index is 0.0661. The van der Waals surface area contributed by atoms with E-state index in [2.05, 4.69) is 29.1 Å². The minimum Gasteiger partial charge on any atom is -0.465 e. The lowest BCUT2D eigenvalue weighted by Crippen LogP contribution is -2.58. The number of likely N-dealkylation sites (tertiary alicyclic amines) is 1. The Balaban J connectivity index is 1.78. The van der Waals surface area contributed by atoms with Crippen LogP contribution in [0.2, 0.25) is 5.02 Å². The molecule has 0 saturated carbocycles. The molecule has 0 aromatic heterocycles. The molecule has 2 amide bonds. The van der Waals surface area contributed by atoms with Crippen LogP contribution in [0, 0.1) is 17.8 Å². The molecule has 7 nitrogen and oxygen atoms in total. The van der Waals surface area contributed by atoms with Crippen LogP contribution in [-0.2, 0) is 19.1 Å². The zero-order valence-corrected chi connectivity index (χ0v) is 26.2. The highest BCUT2D eigenvalue weighted by atomic mass is 79.9. The standard InChI is InChI=1S/C30H38BrClN2O5S/c1-5-7-8-14-39-29(38)23-24-27(36)34(21(17-35)15-18(3)4)26(30(24)16-22(31)25(23)40-30)28(37)33(13-6-2)20-11-9-19(32)10-12-20/h5-6,9-12,18,21-26,35H,1-2,7-8,13-17H2,3-4H3/t21-,22?,23-,24+,25-,26?,30?/m1/s1. The van der Waals surface area contributed by atoms with E-state index in [4.69, 9.17) is 16.3 Å². The number of benzene rings is 1. The van der Waals surface area contributed by atoms with E-state index in [1.807, 2.05) is 13.8 Å². The van der Waals surface area contributed by atoms with E-state index in [-0.39, 0.29) is 47.6 Å². The number of allylic oxidation sites excluding steroid dienone is 1. The van der Waals surface area contributed by atoms with Gasteiger partial charge in [-0.1, -0.05) is 53.5 Å². The monoisotopic (exact) mass is 652 g/mol. The van der Waals surface area contributed by atoms with Crippen molar-refractivity contribution in [2.75, 3.05) is 24.7 Å². The number of rotatable bonds is 13. The summed E-state index contributed by atoms with van der Waals surface area (Å²) in [6, 6.07) is 5.55. The number of unbranched alkanes of at least 4 members (excludes halogenated alkanes) is 1. The van der Waals surface area contributed by atoms with Crippen molar-refractivity contribution in [1.29, 1.82) is 0 Å². The number of thioether (sulfide) groups is 1. The number of ether oxygens (including phenoxy) is 1. The topological polar surface area (TPSA) is 87.2 Å². The second-order valence-corrected chi connectivity index (χ2v) is 14.3. The van der Waals surface area contributed by atoms with Gasteiger partial charge in [0, 0.05) is 27.3 Å². The molecule has 0 aliphatic carbocycles. The van der Waals surface area contributed by atoms with Gasteiger partial charge in [-0.15, -0.1) is 24.9 Å². The van der Waals surface area contributed by atoms with Crippen LogP contribution < -0.4 is 4.90 Å². The summed E-state index contributed by atoms with van der Waals surface area (Å²) in [6.45, 7) is 11.8. The van der Waals surface area contributed by atoms with Gasteiger partial charge in [0.15, 0.2) is 0 Å². The second kappa shape index (κ2) is 13.0. The Labute approximate surface area is 254 Å². The third kappa shape index (κ3) is 5.63. The van der Waals surface area contributed by atoms with Crippen LogP contribution in [0.3, 0.4) is 0 Å². The summed E-state index contributed by atoms with van der Waals surface area (Å²) >= 11 is 11.5. The molecule has 2 bridgehead atoms. The van der Waals surface area contributed by atoms with Crippen LogP contribution in [0.4, 0.5) is 5.69 Å². The molecule has 218 valence electrons. The summed E-state index contributed by atoms with van der Waals surface area (Å²) in [5.41, 5.74) is 0.636. The first kappa shape index (κ1) is 31.1. The van der Waals surface area contributed by atoms with Crippen molar-refractivity contribution >= 4 is 62.8 Å². The maximum Gasteiger partial charge on any atom is 0.310 e. The number of anilines is 1. The fourth-order valence-electron chi connectivity index (χ4n) is 6.55. The third-order valence-corrected chi connectivity index (χ3v) is 11.6. The highest BCUT2D eigenvalue weighted by Gasteiger charge is 2.76. The predicted molar refractivity (Wildman–Crippen MR) is 164 cm³/mol. The summed E-state index contributed by atoms with van der Waals surface area (Å²) in [4.78, 5) is 45.7. The van der Waals surface area contributed by atoms with Crippen molar-refractivity contribution in [3.05, 3.63) is 54.6 Å². The molecule has 1 aromatic rings. The van der Waals surface area contributed by atoms with Gasteiger partial charge >= 0.3 is 5.97 Å². The molecule has 3 aliphatic heterocycles. The summed E-state index contributed by atoms with van der Waals surface area (Å²) in [7, 11) is 0. The van der Waals surface area contributed by atoms with Crippen LogP contribution in [0.25, 0.3) is 0 Å². The molecule has 3 unspecified atom stereocenters. The number of fused-ring (bicyclic) bond motifs is 1. The SMILES string of the molecule is C=CCCCOC(=O)[C@H]1[C@@H]2SC3(CC2Br)C(C(=O)N(CC=C)c2ccc(Cl)cc2)N([C@@H](CO)CC(C)C)C(=O)[C@H]13. The van der Waals surface area contributed by atoms with Gasteiger partial charge in [-0.3, -0.25) is 14.4 Å². The average molecular weight is 654 g/mol. The number of carbonyl (C=O) groups is 3. The molecular formula is C30H38BrClN2O5S. The highest BCUT2D eigenvalue weighted by molar-refractivity contribution is 9.09. The Morgan fingerprint density at radius 1 is 1.30 bits per heavy atom. The van der Waals surface area contributed by atoms with Gasteiger partial charge in [0.25, 0.3) is 5.91 Å². The van der Waals surface area contributed by atoms with E-state index < -0.39 is 34.6 Å². The van der Waals surface area contributed by atoms with Gasteiger partial charge in [-0.25, -0.2) is 0 Å². The first-order chi connectivity index (χ1) is 19.1. The zero-order valence-electron chi connectivity index (χ0n) is 23.0. The number of alkyl halides is 1. The highest BCUT2D eigenvalue weighted by Crippen LogP contribution is 2.68. The molecule has 4 rings (SSSR count). The fourth-order valence-corrected chi connectivity index (χ4v) is 10.3. The molecule has 1 aromatic carbocycles. The second-order valence-electron chi connectivity index (χ2n) is 11.2. The Morgan fingerprint density at radius 2 is 2.00 bits per heavy atom. The predicted octanol–water partition coefficient (Wildman–Crippen LogP) is 5.24. The van der Waals surface area contributed by atoms with Crippen LogP contribution in [-0.4, -0.2) is 74.5 Å². The van der Waals surface area contributed by atoms with Crippen molar-refractivity contribution in [2.24, 2.45) is 17.8 Å². The van der Waals surface area contributed by atoms with Gasteiger partial charge in [-0.05, 0) is 55.9 Å². The number of aliphatic hydroxyl groups excluding tert-OH is 1. The lowest BCUT2D eigenvalue weighted by molar-refractivity contribution is -0.154. The molecule has 10 heteroatoms. The number of nitrogens with zero attached hydrogens (tertiary/aromatic N) is 2. The molecule has 0 radical (unpaired) electrons. The van der Waals surface area contributed by atoms with E-state index in [0.717, 1.165) is 6.42 Å². The van der Waals surface area contributed by atoms with Crippen LogP contribution in [0.1, 0.15) is 39.5 Å². The Hall–Kier alpha value is -1.81. The zero-order chi connectivity index (χ0) is 29.2. The number of esters is 1. The van der Waals surface area contributed by atoms with E-state index in [0.29, 0.717) is 30.0 Å². The molecule has 3 fully saturated rings. The quantitative estimate of drug-likeness (QED) is 0.136. The molecule has 3 heterocycles. The van der Waals surface area contributed by atoms with Crippen molar-refractivity contribution in [3.8, 4) is 0 Å². The van der Waals surface area contributed by atoms with Crippen molar-refractivity contribution < 1.29 is 24.2 Å². The van der Waals surface area contributed by atoms with Gasteiger partial charge in [0.1, 0.15) is 6.04 Å². The van der Waals surface area contributed by atoms with Crippen LogP contribution >= 0.6 is 39.3 Å². The summed E-state index contributed by atoms with van der Waals surface area (Å²) in [5.74, 6) is -2.12. The van der Waals surface area contributed by atoms with E-state index in [1.165, 1.54) is 0 Å². The molecule has 1 N–H and O–H groups in total. The first-order valence-corrected chi connectivity index (χ1v) is 16.0. The Bertz CT molecular complexity index is 1130. The largest absolute Gasteiger partial charge is 0.465 e. The smallest absolute Gasteiger partial charge is 0.310 e. The molecule has 3 saturated heterocycles. The molecule has 7 atom stereocenters. The summed E-state index contributed by atoms with van der Waals surface area (Å²) < 4.78 is 4.83. The molecule has 1 spiro atoms. The number of hydrogen-bond acceptors (Lipinski definition) is 6. The molecule has 3 aliphatic rings. The maximum atomic E-state index is 14.7.